The number of rotatable bonds is 2. The van der Waals surface area contributed by atoms with Crippen molar-refractivity contribution in [2.75, 3.05) is 5.32 Å². The molecule has 2 aromatic rings. The van der Waals surface area contributed by atoms with Crippen LogP contribution in [0.25, 0.3) is 0 Å². The fraction of sp³-hybridized carbons (Fsp3) is 0.0909. The quantitative estimate of drug-likeness (QED) is 0.860. The third-order valence-corrected chi connectivity index (χ3v) is 3.13. The lowest BCUT2D eigenvalue weighted by molar-refractivity contribution is -0.132. The van der Waals surface area contributed by atoms with Gasteiger partial charge in [0.15, 0.2) is 0 Å². The molecule has 1 aliphatic rings. The summed E-state index contributed by atoms with van der Waals surface area (Å²) in [6.07, 6.45) is 1.52. The predicted octanol–water partition coefficient (Wildman–Crippen LogP) is 1.31. The van der Waals surface area contributed by atoms with E-state index >= 15 is 0 Å². The molecular formula is C11H8ClN5O2. The summed E-state index contributed by atoms with van der Waals surface area (Å²) in [7, 11) is 0. The molecule has 0 aliphatic carbocycles. The molecule has 0 fully saturated rings. The maximum Gasteiger partial charge on any atom is 0.352 e. The highest BCUT2D eigenvalue weighted by atomic mass is 35.5. The molecular weight excluding hydrogens is 270 g/mol. The van der Waals surface area contributed by atoms with E-state index in [0.29, 0.717) is 5.02 Å². The smallest absolute Gasteiger partial charge is 0.352 e. The van der Waals surface area contributed by atoms with Gasteiger partial charge in [-0.05, 0) is 28.1 Å². The SMILES string of the molecule is O=C(O)C1=CC(c2ccccc2Cl)n2nnnc2N1. The summed E-state index contributed by atoms with van der Waals surface area (Å²) < 4.78 is 1.48. The van der Waals surface area contributed by atoms with Crippen LogP contribution in [0.3, 0.4) is 0 Å². The van der Waals surface area contributed by atoms with Gasteiger partial charge in [0.2, 0.25) is 5.95 Å². The zero-order valence-corrected chi connectivity index (χ0v) is 10.2. The number of carboxylic acid groups (broad SMARTS) is 1. The maximum absolute atomic E-state index is 11.1. The lowest BCUT2D eigenvalue weighted by atomic mass is 10.0. The summed E-state index contributed by atoms with van der Waals surface area (Å²) in [6, 6.07) is 6.71. The summed E-state index contributed by atoms with van der Waals surface area (Å²) in [5.41, 5.74) is 0.755. The summed E-state index contributed by atoms with van der Waals surface area (Å²) in [6.45, 7) is 0. The number of aromatic nitrogens is 4. The Morgan fingerprint density at radius 1 is 1.42 bits per heavy atom. The number of carboxylic acids is 1. The van der Waals surface area contributed by atoms with Crippen LogP contribution in [0.4, 0.5) is 5.95 Å². The number of hydrogen-bond donors (Lipinski definition) is 2. The number of hydrogen-bond acceptors (Lipinski definition) is 5. The molecule has 3 rings (SSSR count). The van der Waals surface area contributed by atoms with E-state index in [4.69, 9.17) is 16.7 Å². The Balaban J connectivity index is 2.15. The van der Waals surface area contributed by atoms with E-state index in [2.05, 4.69) is 20.8 Å². The number of aliphatic carboxylic acids is 1. The highest BCUT2D eigenvalue weighted by molar-refractivity contribution is 6.31. The van der Waals surface area contributed by atoms with Crippen molar-refractivity contribution in [2.45, 2.75) is 6.04 Å². The van der Waals surface area contributed by atoms with Gasteiger partial charge < -0.3 is 10.4 Å². The fourth-order valence-electron chi connectivity index (χ4n) is 1.92. The topological polar surface area (TPSA) is 92.9 Å². The highest BCUT2D eigenvalue weighted by Gasteiger charge is 2.27. The van der Waals surface area contributed by atoms with Crippen LogP contribution < -0.4 is 5.32 Å². The van der Waals surface area contributed by atoms with Crippen molar-refractivity contribution in [3.05, 3.63) is 46.6 Å². The highest BCUT2D eigenvalue weighted by Crippen LogP contribution is 2.31. The van der Waals surface area contributed by atoms with Crippen molar-refractivity contribution in [3.63, 3.8) is 0 Å². The second kappa shape index (κ2) is 4.36. The number of anilines is 1. The Hall–Kier alpha value is -2.41. The van der Waals surface area contributed by atoms with E-state index in [1.807, 2.05) is 6.07 Å². The second-order valence-corrected chi connectivity index (χ2v) is 4.33. The standard InChI is InChI=1S/C11H8ClN5O2/c12-7-4-2-1-3-6(7)9-5-8(10(18)19)13-11-14-15-16-17(9)11/h1-5,9H,(H,18,19)(H,13,14,16). The average Bonchev–Trinajstić information content (AvgIpc) is 2.86. The van der Waals surface area contributed by atoms with Crippen molar-refractivity contribution in [3.8, 4) is 0 Å². The van der Waals surface area contributed by atoms with Crippen LogP contribution in [0.15, 0.2) is 36.0 Å². The third-order valence-electron chi connectivity index (χ3n) is 2.78. The van der Waals surface area contributed by atoms with Crippen LogP contribution in [0.2, 0.25) is 5.02 Å². The number of allylic oxidation sites excluding steroid dienone is 1. The Morgan fingerprint density at radius 3 is 2.95 bits per heavy atom. The molecule has 96 valence electrons. The van der Waals surface area contributed by atoms with Gasteiger partial charge in [-0.15, -0.1) is 0 Å². The number of halogens is 1. The molecule has 1 aromatic heterocycles. The fourth-order valence-corrected chi connectivity index (χ4v) is 2.16. The monoisotopic (exact) mass is 277 g/mol. The second-order valence-electron chi connectivity index (χ2n) is 3.92. The van der Waals surface area contributed by atoms with Gasteiger partial charge in [-0.25, -0.2) is 4.79 Å². The largest absolute Gasteiger partial charge is 0.477 e. The molecule has 1 aliphatic heterocycles. The van der Waals surface area contributed by atoms with Gasteiger partial charge in [0.05, 0.1) is 0 Å². The summed E-state index contributed by atoms with van der Waals surface area (Å²) in [5, 5.41) is 23.4. The first-order valence-electron chi connectivity index (χ1n) is 5.41. The van der Waals surface area contributed by atoms with Crippen molar-refractivity contribution >= 4 is 23.5 Å². The first-order chi connectivity index (χ1) is 9.16. The van der Waals surface area contributed by atoms with Crippen molar-refractivity contribution in [1.82, 2.24) is 20.2 Å². The Morgan fingerprint density at radius 2 is 2.21 bits per heavy atom. The van der Waals surface area contributed by atoms with E-state index < -0.39 is 12.0 Å². The number of benzene rings is 1. The van der Waals surface area contributed by atoms with E-state index in [9.17, 15) is 4.79 Å². The number of nitrogens with one attached hydrogen (secondary N) is 1. The minimum Gasteiger partial charge on any atom is -0.477 e. The molecule has 1 atom stereocenters. The molecule has 7 nitrogen and oxygen atoms in total. The Kier molecular flexibility index (Phi) is 2.68. The Labute approximate surface area is 112 Å². The van der Waals surface area contributed by atoms with Gasteiger partial charge in [-0.2, -0.15) is 4.68 Å². The number of tetrazole rings is 1. The zero-order valence-electron chi connectivity index (χ0n) is 9.49. The van der Waals surface area contributed by atoms with Gasteiger partial charge in [0.1, 0.15) is 11.7 Å². The average molecular weight is 278 g/mol. The molecule has 1 aromatic carbocycles. The van der Waals surface area contributed by atoms with E-state index in [0.717, 1.165) is 5.56 Å². The molecule has 2 N–H and O–H groups in total. The summed E-state index contributed by atoms with van der Waals surface area (Å²) in [5.74, 6) is -0.809. The van der Waals surface area contributed by atoms with Gasteiger partial charge in [-0.3, -0.25) is 0 Å². The molecule has 0 saturated carbocycles. The van der Waals surface area contributed by atoms with E-state index in [1.165, 1.54) is 10.8 Å². The van der Waals surface area contributed by atoms with Gasteiger partial charge in [0.25, 0.3) is 0 Å². The lowest BCUT2D eigenvalue weighted by Crippen LogP contribution is -2.24. The predicted molar refractivity (Wildman–Crippen MR) is 66.7 cm³/mol. The molecule has 0 spiro atoms. The van der Waals surface area contributed by atoms with Gasteiger partial charge in [-0.1, -0.05) is 34.9 Å². The molecule has 8 heteroatoms. The van der Waals surface area contributed by atoms with E-state index in [1.54, 1.807) is 18.2 Å². The molecule has 0 saturated heterocycles. The van der Waals surface area contributed by atoms with Crippen LogP contribution >= 0.6 is 11.6 Å². The third kappa shape index (κ3) is 1.93. The molecule has 0 radical (unpaired) electrons. The number of nitrogens with zero attached hydrogens (tertiary/aromatic N) is 4. The van der Waals surface area contributed by atoms with Crippen molar-refractivity contribution < 1.29 is 9.90 Å². The molecule has 19 heavy (non-hydrogen) atoms. The normalized spacial score (nSPS) is 17.3. The van der Waals surface area contributed by atoms with Crippen LogP contribution in [-0.4, -0.2) is 31.3 Å². The van der Waals surface area contributed by atoms with Crippen LogP contribution in [-0.2, 0) is 4.79 Å². The number of carbonyl (C=O) groups is 1. The summed E-state index contributed by atoms with van der Waals surface area (Å²) in [4.78, 5) is 11.1. The molecule has 2 heterocycles. The minimum atomic E-state index is -1.08. The van der Waals surface area contributed by atoms with Gasteiger partial charge >= 0.3 is 5.97 Å². The Bertz CT molecular complexity index is 681. The van der Waals surface area contributed by atoms with Crippen LogP contribution in [0.1, 0.15) is 11.6 Å². The first-order valence-corrected chi connectivity index (χ1v) is 5.79. The van der Waals surface area contributed by atoms with E-state index in [-0.39, 0.29) is 11.6 Å². The van der Waals surface area contributed by atoms with Crippen molar-refractivity contribution in [1.29, 1.82) is 0 Å². The number of fused-ring (bicyclic) bond motifs is 1. The molecule has 0 bridgehead atoms. The molecule has 0 amide bonds. The first kappa shape index (κ1) is 11.7. The lowest BCUT2D eigenvalue weighted by Gasteiger charge is -2.22. The molecule has 1 unspecified atom stereocenters. The van der Waals surface area contributed by atoms with Crippen LogP contribution in [0, 0.1) is 0 Å². The zero-order chi connectivity index (χ0) is 13.4. The van der Waals surface area contributed by atoms with Crippen LogP contribution in [0.5, 0.6) is 0 Å². The maximum atomic E-state index is 11.1. The van der Waals surface area contributed by atoms with Gasteiger partial charge in [0, 0.05) is 5.02 Å². The van der Waals surface area contributed by atoms with Crippen molar-refractivity contribution in [2.24, 2.45) is 0 Å². The minimum absolute atomic E-state index is 0.0206. The summed E-state index contributed by atoms with van der Waals surface area (Å²) >= 11 is 6.14.